The number of alkyl halides is 3. The van der Waals surface area contributed by atoms with E-state index in [4.69, 9.17) is 0 Å². The van der Waals surface area contributed by atoms with Gasteiger partial charge in [-0.15, -0.1) is 0 Å². The van der Waals surface area contributed by atoms with Crippen LogP contribution in [0.25, 0.3) is 0 Å². The van der Waals surface area contributed by atoms with E-state index >= 15 is 0 Å². The van der Waals surface area contributed by atoms with Crippen LogP contribution >= 0.6 is 0 Å². The first kappa shape index (κ1) is 13.4. The zero-order valence-electron chi connectivity index (χ0n) is 7.46. The Bertz CT molecular complexity index is 306. The summed E-state index contributed by atoms with van der Waals surface area (Å²) in [4.78, 5) is 10.6. The fourth-order valence-electron chi connectivity index (χ4n) is 0.631. The summed E-state index contributed by atoms with van der Waals surface area (Å²) in [5.41, 5.74) is -5.49. The number of rotatable bonds is 4. The van der Waals surface area contributed by atoms with Gasteiger partial charge < -0.3 is 0 Å². The van der Waals surface area contributed by atoms with Gasteiger partial charge in [-0.2, -0.15) is 21.6 Å². The number of carbonyl (C=O) groups is 1. The molecule has 8 heteroatoms. The topological polar surface area (TPSA) is 60.4 Å². The molecule has 0 radical (unpaired) electrons. The van der Waals surface area contributed by atoms with Gasteiger partial charge in [0.05, 0.1) is 0 Å². The quantitative estimate of drug-likeness (QED) is 0.542. The highest BCUT2D eigenvalue weighted by atomic mass is 32.2. The molecule has 1 atom stereocenters. The lowest BCUT2D eigenvalue weighted by atomic mass is 10.2. The third-order valence-electron chi connectivity index (χ3n) is 1.35. The van der Waals surface area contributed by atoms with Crippen molar-refractivity contribution in [3.63, 3.8) is 0 Å². The molecule has 4 nitrogen and oxygen atoms in total. The Kier molecular flexibility index (Phi) is 4.07. The molecule has 0 amide bonds. The normalized spacial score (nSPS) is 15.2. The smallest absolute Gasteiger partial charge is 0.297 e. The molecule has 0 aliphatic heterocycles. The molecule has 0 saturated carbocycles. The maximum absolute atomic E-state index is 11.8. The van der Waals surface area contributed by atoms with E-state index in [1.165, 1.54) is 6.92 Å². The van der Waals surface area contributed by atoms with E-state index in [-0.39, 0.29) is 6.42 Å². The minimum Gasteiger partial charge on any atom is -0.297 e. The molecule has 0 spiro atoms. The molecule has 0 aliphatic rings. The number of hydrogen-bond acceptors (Lipinski definition) is 4. The lowest BCUT2D eigenvalue weighted by molar-refractivity contribution is -0.124. The summed E-state index contributed by atoms with van der Waals surface area (Å²) >= 11 is 0. The summed E-state index contributed by atoms with van der Waals surface area (Å²) in [5.74, 6) is -0.764. The second-order valence-electron chi connectivity index (χ2n) is 2.50. The number of carbonyl (C=O) groups excluding carboxylic acids is 1. The Morgan fingerprint density at radius 1 is 1.43 bits per heavy atom. The van der Waals surface area contributed by atoms with Crippen molar-refractivity contribution in [3.05, 3.63) is 0 Å². The zero-order chi connectivity index (χ0) is 11.6. The third-order valence-corrected chi connectivity index (χ3v) is 2.40. The highest BCUT2D eigenvalue weighted by molar-refractivity contribution is 7.87. The standard InChI is InChI=1S/C6H9F3O4S/c1-3-5(4(2)10)13-14(11,12)6(7,8)9/h5H,3H2,1-2H3/t5-/m1/s1. The SMILES string of the molecule is CC[C@@H](OS(=O)(=O)C(F)(F)F)C(C)=O. The summed E-state index contributed by atoms with van der Waals surface area (Å²) in [6, 6.07) is 0. The van der Waals surface area contributed by atoms with Crippen LogP contribution in [0.1, 0.15) is 20.3 Å². The first-order chi connectivity index (χ1) is 6.12. The fourth-order valence-corrected chi connectivity index (χ4v) is 1.32. The van der Waals surface area contributed by atoms with Crippen LogP contribution < -0.4 is 0 Å². The Labute approximate surface area is 79.2 Å². The first-order valence-electron chi connectivity index (χ1n) is 3.61. The van der Waals surface area contributed by atoms with Crippen LogP contribution in [0.3, 0.4) is 0 Å². The monoisotopic (exact) mass is 234 g/mol. The minimum atomic E-state index is -5.67. The average molecular weight is 234 g/mol. The molecule has 14 heavy (non-hydrogen) atoms. The van der Waals surface area contributed by atoms with Gasteiger partial charge in [0.25, 0.3) is 0 Å². The lowest BCUT2D eigenvalue weighted by Crippen LogP contribution is -2.32. The molecule has 0 heterocycles. The van der Waals surface area contributed by atoms with E-state index in [2.05, 4.69) is 4.18 Å². The number of halogens is 3. The first-order valence-corrected chi connectivity index (χ1v) is 5.02. The van der Waals surface area contributed by atoms with Gasteiger partial charge >= 0.3 is 15.6 Å². The van der Waals surface area contributed by atoms with Crippen molar-refractivity contribution in [1.82, 2.24) is 0 Å². The number of Topliss-reactive ketones (excluding diaryl/α,β-unsaturated/α-hetero) is 1. The summed E-state index contributed by atoms with van der Waals surface area (Å²) < 4.78 is 59.9. The molecule has 0 N–H and O–H groups in total. The Morgan fingerprint density at radius 3 is 2.07 bits per heavy atom. The molecule has 0 aromatic carbocycles. The van der Waals surface area contributed by atoms with Crippen molar-refractivity contribution in [2.24, 2.45) is 0 Å². The van der Waals surface area contributed by atoms with E-state index in [0.29, 0.717) is 0 Å². The van der Waals surface area contributed by atoms with Crippen molar-refractivity contribution >= 4 is 15.9 Å². The van der Waals surface area contributed by atoms with Crippen LogP contribution in [0.5, 0.6) is 0 Å². The van der Waals surface area contributed by atoms with Crippen LogP contribution in [-0.4, -0.2) is 25.8 Å². The Balaban J connectivity index is 4.75. The van der Waals surface area contributed by atoms with Crippen LogP contribution in [-0.2, 0) is 19.1 Å². The average Bonchev–Trinajstić information content (AvgIpc) is 1.97. The van der Waals surface area contributed by atoms with E-state index in [9.17, 15) is 26.4 Å². The number of ketones is 1. The van der Waals surface area contributed by atoms with Gasteiger partial charge in [0.1, 0.15) is 6.10 Å². The van der Waals surface area contributed by atoms with Crippen LogP contribution in [0.2, 0.25) is 0 Å². The van der Waals surface area contributed by atoms with Crippen molar-refractivity contribution in [1.29, 1.82) is 0 Å². The van der Waals surface area contributed by atoms with Crippen LogP contribution in [0.4, 0.5) is 13.2 Å². The molecule has 0 bridgehead atoms. The van der Waals surface area contributed by atoms with Gasteiger partial charge in [-0.05, 0) is 13.3 Å². The van der Waals surface area contributed by atoms with Gasteiger partial charge in [0.15, 0.2) is 5.78 Å². The molecule has 0 fully saturated rings. The molecule has 0 aromatic rings. The summed E-state index contributed by atoms with van der Waals surface area (Å²) in [6.45, 7) is 2.30. The van der Waals surface area contributed by atoms with Crippen LogP contribution in [0.15, 0.2) is 0 Å². The van der Waals surface area contributed by atoms with E-state index in [1.807, 2.05) is 0 Å². The summed E-state index contributed by atoms with van der Waals surface area (Å²) in [5, 5.41) is 0. The predicted octanol–water partition coefficient (Wildman–Crippen LogP) is 1.22. The van der Waals surface area contributed by atoms with Gasteiger partial charge in [-0.1, -0.05) is 6.92 Å². The zero-order valence-corrected chi connectivity index (χ0v) is 8.28. The predicted molar refractivity (Wildman–Crippen MR) is 40.8 cm³/mol. The highest BCUT2D eigenvalue weighted by Crippen LogP contribution is 2.26. The maximum Gasteiger partial charge on any atom is 0.523 e. The third kappa shape index (κ3) is 3.26. The molecule has 84 valence electrons. The molecule has 0 rings (SSSR count). The summed E-state index contributed by atoms with van der Waals surface area (Å²) in [7, 11) is -5.67. The van der Waals surface area contributed by atoms with Gasteiger partial charge in [-0.25, -0.2) is 0 Å². The maximum atomic E-state index is 11.8. The van der Waals surface area contributed by atoms with Gasteiger partial charge in [-0.3, -0.25) is 8.98 Å². The molecule has 0 aliphatic carbocycles. The van der Waals surface area contributed by atoms with Crippen LogP contribution in [0, 0.1) is 0 Å². The fraction of sp³-hybridized carbons (Fsp3) is 0.833. The molecular formula is C6H9F3O4S. The lowest BCUT2D eigenvalue weighted by Gasteiger charge is -2.13. The largest absolute Gasteiger partial charge is 0.523 e. The van der Waals surface area contributed by atoms with Gasteiger partial charge in [0, 0.05) is 0 Å². The van der Waals surface area contributed by atoms with Crippen molar-refractivity contribution in [3.8, 4) is 0 Å². The Morgan fingerprint density at radius 2 is 1.86 bits per heavy atom. The van der Waals surface area contributed by atoms with E-state index in [0.717, 1.165) is 6.92 Å². The van der Waals surface area contributed by atoms with E-state index < -0.39 is 27.5 Å². The number of hydrogen-bond donors (Lipinski definition) is 0. The molecular weight excluding hydrogens is 225 g/mol. The Hall–Kier alpha value is -0.630. The van der Waals surface area contributed by atoms with Crippen molar-refractivity contribution in [2.45, 2.75) is 31.9 Å². The minimum absolute atomic E-state index is 0.134. The van der Waals surface area contributed by atoms with Crippen molar-refractivity contribution < 1.29 is 30.6 Å². The van der Waals surface area contributed by atoms with Crippen molar-refractivity contribution in [2.75, 3.05) is 0 Å². The second kappa shape index (κ2) is 4.26. The molecule has 0 unspecified atom stereocenters. The van der Waals surface area contributed by atoms with Gasteiger partial charge in [0.2, 0.25) is 0 Å². The molecule has 0 aromatic heterocycles. The van der Waals surface area contributed by atoms with E-state index in [1.54, 1.807) is 0 Å². The highest BCUT2D eigenvalue weighted by Gasteiger charge is 2.48. The second-order valence-corrected chi connectivity index (χ2v) is 4.07. The summed E-state index contributed by atoms with van der Waals surface area (Å²) in [6.07, 6.45) is -1.70. The molecule has 0 saturated heterocycles.